The summed E-state index contributed by atoms with van der Waals surface area (Å²) >= 11 is 17.7. The smallest absolute Gasteiger partial charge is 0.340 e. The molecule has 0 saturated heterocycles. The fourth-order valence-electron chi connectivity index (χ4n) is 1.47. The van der Waals surface area contributed by atoms with E-state index in [4.69, 9.17) is 39.9 Å². The highest BCUT2D eigenvalue weighted by Crippen LogP contribution is 2.37. The van der Waals surface area contributed by atoms with Gasteiger partial charge in [-0.05, 0) is 24.3 Å². The lowest BCUT2D eigenvalue weighted by atomic mass is 10.1. The molecule has 0 unspecified atom stereocenters. The largest absolute Gasteiger partial charge is 0.478 e. The molecule has 0 spiro atoms. The van der Waals surface area contributed by atoms with Crippen molar-refractivity contribution >= 4 is 40.8 Å². The number of pyridine rings is 1. The molecule has 98 valence electrons. The summed E-state index contributed by atoms with van der Waals surface area (Å²) in [4.78, 5) is 14.3. The second-order valence-electron chi connectivity index (χ2n) is 3.56. The average molecular weight is 321 g/mol. The van der Waals surface area contributed by atoms with E-state index < -0.39 is 17.5 Å². The van der Waals surface area contributed by atoms with Crippen molar-refractivity contribution in [1.29, 1.82) is 0 Å². The molecule has 1 N–H and O–H groups in total. The van der Waals surface area contributed by atoms with Gasteiger partial charge in [-0.15, -0.1) is 0 Å². The first kappa shape index (κ1) is 14.1. The molecule has 3 nitrogen and oxygen atoms in total. The van der Waals surface area contributed by atoms with Crippen LogP contribution in [0.2, 0.25) is 15.1 Å². The molecule has 0 aliphatic rings. The number of hydrogen-bond donors (Lipinski definition) is 1. The Morgan fingerprint density at radius 3 is 2.37 bits per heavy atom. The molecule has 0 aliphatic carbocycles. The van der Waals surface area contributed by atoms with Crippen LogP contribution in [0.1, 0.15) is 10.4 Å². The minimum absolute atomic E-state index is 0.129. The molecule has 2 aromatic rings. The predicted octanol–water partition coefficient (Wildman–Crippen LogP) is 4.55. The first-order valence-electron chi connectivity index (χ1n) is 4.95. The van der Waals surface area contributed by atoms with Crippen molar-refractivity contribution in [3.63, 3.8) is 0 Å². The average Bonchev–Trinajstić information content (AvgIpc) is 2.35. The van der Waals surface area contributed by atoms with Crippen LogP contribution >= 0.6 is 34.8 Å². The molecule has 0 bridgehead atoms. The van der Waals surface area contributed by atoms with Crippen LogP contribution in [0.3, 0.4) is 0 Å². The first-order valence-corrected chi connectivity index (χ1v) is 6.09. The fraction of sp³-hybridized carbons (Fsp3) is 0. The van der Waals surface area contributed by atoms with Gasteiger partial charge in [0.1, 0.15) is 5.56 Å². The minimum Gasteiger partial charge on any atom is -0.478 e. The van der Waals surface area contributed by atoms with Crippen LogP contribution in [0.4, 0.5) is 4.39 Å². The number of aromatic nitrogens is 1. The molecule has 0 aliphatic heterocycles. The number of benzene rings is 1. The third-order valence-electron chi connectivity index (χ3n) is 2.39. The Kier molecular flexibility index (Phi) is 3.94. The van der Waals surface area contributed by atoms with Crippen LogP contribution in [0.25, 0.3) is 11.3 Å². The second-order valence-corrected chi connectivity index (χ2v) is 4.73. The van der Waals surface area contributed by atoms with Crippen LogP contribution in [0.15, 0.2) is 24.3 Å². The Bertz CT molecular complexity index is 676. The lowest BCUT2D eigenvalue weighted by Crippen LogP contribution is -2.03. The number of halogens is 4. The minimum atomic E-state index is -1.39. The lowest BCUT2D eigenvalue weighted by Gasteiger charge is -2.07. The van der Waals surface area contributed by atoms with Gasteiger partial charge >= 0.3 is 5.97 Å². The molecule has 0 amide bonds. The summed E-state index contributed by atoms with van der Waals surface area (Å²) in [6, 6.07) is 5.48. The zero-order valence-electron chi connectivity index (χ0n) is 9.12. The topological polar surface area (TPSA) is 50.2 Å². The highest BCUT2D eigenvalue weighted by Gasteiger charge is 2.16. The summed E-state index contributed by atoms with van der Waals surface area (Å²) in [5.74, 6) is -2.48. The van der Waals surface area contributed by atoms with E-state index in [1.54, 1.807) is 0 Å². The van der Waals surface area contributed by atoms with E-state index in [0.717, 1.165) is 6.07 Å². The molecule has 0 saturated carbocycles. The summed E-state index contributed by atoms with van der Waals surface area (Å²) in [5.41, 5.74) is 0.0258. The Morgan fingerprint density at radius 1 is 1.11 bits per heavy atom. The Labute approximate surface area is 122 Å². The molecule has 1 aromatic carbocycles. The van der Waals surface area contributed by atoms with Crippen molar-refractivity contribution in [3.05, 3.63) is 50.8 Å². The van der Waals surface area contributed by atoms with Crippen LogP contribution in [0.5, 0.6) is 0 Å². The molecule has 1 heterocycles. The maximum atomic E-state index is 13.5. The van der Waals surface area contributed by atoms with Crippen molar-refractivity contribution < 1.29 is 14.3 Å². The van der Waals surface area contributed by atoms with Gasteiger partial charge in [0.15, 0.2) is 0 Å². The first-order chi connectivity index (χ1) is 8.91. The monoisotopic (exact) mass is 319 g/mol. The quantitative estimate of drug-likeness (QED) is 0.652. The number of carboxylic acid groups (broad SMARTS) is 1. The van der Waals surface area contributed by atoms with Gasteiger partial charge in [-0.25, -0.2) is 9.78 Å². The van der Waals surface area contributed by atoms with E-state index in [2.05, 4.69) is 4.98 Å². The summed E-state index contributed by atoms with van der Waals surface area (Å²) in [6.07, 6.45) is 0. The Morgan fingerprint density at radius 2 is 1.79 bits per heavy atom. The van der Waals surface area contributed by atoms with Crippen molar-refractivity contribution in [2.45, 2.75) is 0 Å². The van der Waals surface area contributed by atoms with E-state index in [9.17, 15) is 9.18 Å². The van der Waals surface area contributed by atoms with Crippen molar-refractivity contribution in [3.8, 4) is 11.3 Å². The fourth-order valence-corrected chi connectivity index (χ4v) is 2.10. The van der Waals surface area contributed by atoms with Crippen LogP contribution < -0.4 is 0 Å². The van der Waals surface area contributed by atoms with Crippen LogP contribution in [0, 0.1) is 5.95 Å². The number of carboxylic acids is 1. The normalized spacial score (nSPS) is 10.5. The van der Waals surface area contributed by atoms with Gasteiger partial charge in [0.2, 0.25) is 5.95 Å². The van der Waals surface area contributed by atoms with Crippen LogP contribution in [-0.2, 0) is 0 Å². The second kappa shape index (κ2) is 5.33. The predicted molar refractivity (Wildman–Crippen MR) is 71.6 cm³/mol. The lowest BCUT2D eigenvalue weighted by molar-refractivity contribution is 0.0691. The van der Waals surface area contributed by atoms with E-state index in [-0.39, 0.29) is 20.8 Å². The SMILES string of the molecule is O=C(O)c1ccc(-c2ccc(Cl)c(Cl)c2Cl)nc1F. The van der Waals surface area contributed by atoms with Gasteiger partial charge in [-0.2, -0.15) is 4.39 Å². The number of aromatic carboxylic acids is 1. The summed E-state index contributed by atoms with van der Waals surface area (Å²) in [6.45, 7) is 0. The van der Waals surface area contributed by atoms with Gasteiger partial charge in [-0.3, -0.25) is 0 Å². The summed E-state index contributed by atoms with van der Waals surface area (Å²) in [5, 5.41) is 9.24. The molecule has 0 atom stereocenters. The zero-order chi connectivity index (χ0) is 14.2. The standard InChI is InChI=1S/C12H5Cl3FNO2/c13-7-3-1-5(9(14)10(7)15)8-4-2-6(12(18)19)11(16)17-8/h1-4H,(H,18,19). The van der Waals surface area contributed by atoms with E-state index in [1.807, 2.05) is 0 Å². The van der Waals surface area contributed by atoms with Crippen LogP contribution in [-0.4, -0.2) is 16.1 Å². The molecule has 1 aromatic heterocycles. The van der Waals surface area contributed by atoms with Crippen molar-refractivity contribution in [1.82, 2.24) is 4.98 Å². The maximum absolute atomic E-state index is 13.5. The van der Waals surface area contributed by atoms with Crippen molar-refractivity contribution in [2.75, 3.05) is 0 Å². The third kappa shape index (κ3) is 2.66. The highest BCUT2D eigenvalue weighted by atomic mass is 35.5. The van der Waals surface area contributed by atoms with E-state index in [0.29, 0.717) is 5.56 Å². The molecule has 0 fully saturated rings. The van der Waals surface area contributed by atoms with Gasteiger partial charge in [0, 0.05) is 5.56 Å². The summed E-state index contributed by atoms with van der Waals surface area (Å²) in [7, 11) is 0. The molecular formula is C12H5Cl3FNO2. The van der Waals surface area contributed by atoms with E-state index in [1.165, 1.54) is 18.2 Å². The van der Waals surface area contributed by atoms with E-state index >= 15 is 0 Å². The maximum Gasteiger partial charge on any atom is 0.340 e. The number of hydrogen-bond acceptors (Lipinski definition) is 2. The number of carbonyl (C=O) groups is 1. The Balaban J connectivity index is 2.58. The van der Waals surface area contributed by atoms with Gasteiger partial charge in [0.25, 0.3) is 0 Å². The molecule has 19 heavy (non-hydrogen) atoms. The van der Waals surface area contributed by atoms with Gasteiger partial charge in [0.05, 0.1) is 20.8 Å². The number of rotatable bonds is 2. The zero-order valence-corrected chi connectivity index (χ0v) is 11.4. The third-order valence-corrected chi connectivity index (χ3v) is 3.68. The highest BCUT2D eigenvalue weighted by molar-refractivity contribution is 6.49. The van der Waals surface area contributed by atoms with Gasteiger partial charge < -0.3 is 5.11 Å². The van der Waals surface area contributed by atoms with Crippen molar-refractivity contribution in [2.24, 2.45) is 0 Å². The van der Waals surface area contributed by atoms with Gasteiger partial charge in [-0.1, -0.05) is 34.8 Å². The molecule has 2 rings (SSSR count). The molecule has 0 radical (unpaired) electrons. The molecular weight excluding hydrogens is 315 g/mol. The summed E-state index contributed by atoms with van der Waals surface area (Å²) < 4.78 is 13.5. The number of nitrogens with zero attached hydrogens (tertiary/aromatic N) is 1. The molecule has 7 heteroatoms. The Hall–Kier alpha value is -1.36.